The highest BCUT2D eigenvalue weighted by Crippen LogP contribution is 2.12. The van der Waals surface area contributed by atoms with E-state index in [4.69, 9.17) is 4.74 Å². The van der Waals surface area contributed by atoms with E-state index < -0.39 is 0 Å². The molecule has 0 spiro atoms. The number of benzene rings is 2. The first-order valence-corrected chi connectivity index (χ1v) is 7.59. The fourth-order valence-electron chi connectivity index (χ4n) is 2.37. The Balaban J connectivity index is 1.67. The minimum atomic E-state index is -0.325. The maximum atomic E-state index is 12.1. The van der Waals surface area contributed by atoms with Crippen molar-refractivity contribution in [1.82, 2.24) is 15.6 Å². The van der Waals surface area contributed by atoms with Crippen LogP contribution in [0.3, 0.4) is 0 Å². The van der Waals surface area contributed by atoms with E-state index in [-0.39, 0.29) is 17.9 Å². The molecular weight excluding hydrogens is 320 g/mol. The number of rotatable bonds is 5. The van der Waals surface area contributed by atoms with Crippen molar-refractivity contribution >= 4 is 22.9 Å². The molecule has 7 heteroatoms. The quantitative estimate of drug-likeness (QED) is 0.547. The first-order valence-electron chi connectivity index (χ1n) is 7.59. The van der Waals surface area contributed by atoms with Gasteiger partial charge in [0.1, 0.15) is 5.75 Å². The number of amides is 1. The number of aromatic amines is 1. The van der Waals surface area contributed by atoms with Crippen molar-refractivity contribution in [2.75, 3.05) is 7.11 Å². The molecule has 0 saturated heterocycles. The second kappa shape index (κ2) is 7.39. The number of aromatic nitrogens is 2. The predicted octanol–water partition coefficient (Wildman–Crippen LogP) is 1.62. The molecule has 0 unspecified atom stereocenters. The Labute approximate surface area is 143 Å². The number of nitrogens with one attached hydrogen (secondary N) is 2. The predicted molar refractivity (Wildman–Crippen MR) is 94.8 cm³/mol. The van der Waals surface area contributed by atoms with E-state index in [1.807, 2.05) is 12.1 Å². The number of carbonyl (C=O) groups excluding carboxylic acids is 1. The van der Waals surface area contributed by atoms with Crippen LogP contribution in [0, 0.1) is 0 Å². The molecule has 1 amide bonds. The lowest BCUT2D eigenvalue weighted by atomic mass is 10.1. The average Bonchev–Trinajstić information content (AvgIpc) is 2.65. The molecule has 2 aromatic carbocycles. The van der Waals surface area contributed by atoms with Gasteiger partial charge in [0.05, 0.1) is 30.8 Å². The summed E-state index contributed by atoms with van der Waals surface area (Å²) < 4.78 is 5.08. The van der Waals surface area contributed by atoms with Crippen LogP contribution in [0.1, 0.15) is 11.3 Å². The van der Waals surface area contributed by atoms with E-state index in [2.05, 4.69) is 20.7 Å². The minimum Gasteiger partial charge on any atom is -0.497 e. The Morgan fingerprint density at radius 2 is 1.92 bits per heavy atom. The zero-order valence-corrected chi connectivity index (χ0v) is 13.5. The Morgan fingerprint density at radius 1 is 1.20 bits per heavy atom. The maximum Gasteiger partial charge on any atom is 0.272 e. The fraction of sp³-hybridized carbons (Fsp3) is 0.111. The number of methoxy groups -OCH3 is 1. The highest BCUT2D eigenvalue weighted by Gasteiger charge is 2.09. The maximum absolute atomic E-state index is 12.1. The van der Waals surface area contributed by atoms with E-state index in [1.165, 1.54) is 6.21 Å². The van der Waals surface area contributed by atoms with Gasteiger partial charge in [-0.25, -0.2) is 10.5 Å². The highest BCUT2D eigenvalue weighted by molar-refractivity contribution is 5.89. The zero-order chi connectivity index (χ0) is 17.6. The van der Waals surface area contributed by atoms with Gasteiger partial charge in [0, 0.05) is 5.39 Å². The van der Waals surface area contributed by atoms with Crippen LogP contribution in [-0.2, 0) is 11.2 Å². The Hall–Kier alpha value is -3.48. The van der Waals surface area contributed by atoms with Crippen molar-refractivity contribution in [2.24, 2.45) is 5.10 Å². The molecule has 3 aromatic rings. The number of hydrogen-bond acceptors (Lipinski definition) is 5. The van der Waals surface area contributed by atoms with Crippen LogP contribution >= 0.6 is 0 Å². The third kappa shape index (κ3) is 3.89. The number of H-pyrrole nitrogens is 1. The van der Waals surface area contributed by atoms with Gasteiger partial charge in [0.25, 0.3) is 5.56 Å². The first kappa shape index (κ1) is 16.4. The Morgan fingerprint density at radius 3 is 2.64 bits per heavy atom. The monoisotopic (exact) mass is 336 g/mol. The van der Waals surface area contributed by atoms with Crippen molar-refractivity contribution in [3.05, 3.63) is 70.1 Å². The first-order chi connectivity index (χ1) is 12.2. The topological polar surface area (TPSA) is 96.4 Å². The molecule has 2 N–H and O–H groups in total. The van der Waals surface area contributed by atoms with E-state index >= 15 is 0 Å². The molecule has 7 nitrogen and oxygen atoms in total. The lowest BCUT2D eigenvalue weighted by molar-refractivity contribution is -0.120. The molecule has 126 valence electrons. The second-order valence-electron chi connectivity index (χ2n) is 5.29. The molecule has 1 heterocycles. The number of ether oxygens (including phenoxy) is 1. The van der Waals surface area contributed by atoms with Crippen LogP contribution < -0.4 is 15.7 Å². The number of hydrazone groups is 1. The molecule has 0 atom stereocenters. The molecule has 0 aliphatic rings. The summed E-state index contributed by atoms with van der Waals surface area (Å²) in [4.78, 5) is 23.8. The van der Waals surface area contributed by atoms with Crippen molar-refractivity contribution in [3.63, 3.8) is 0 Å². The van der Waals surface area contributed by atoms with Crippen molar-refractivity contribution in [3.8, 4) is 5.75 Å². The molecule has 3 rings (SSSR count). The van der Waals surface area contributed by atoms with Crippen LogP contribution in [0.4, 0.5) is 0 Å². The molecule has 0 saturated carbocycles. The molecule has 0 aliphatic heterocycles. The van der Waals surface area contributed by atoms with E-state index in [9.17, 15) is 9.59 Å². The molecule has 0 radical (unpaired) electrons. The smallest absolute Gasteiger partial charge is 0.272 e. The average molecular weight is 336 g/mol. The van der Waals surface area contributed by atoms with E-state index in [0.29, 0.717) is 16.5 Å². The summed E-state index contributed by atoms with van der Waals surface area (Å²) in [5, 5.41) is 11.5. The number of nitrogens with zero attached hydrogens (tertiary/aromatic N) is 2. The standard InChI is InChI=1S/C18H16N4O3/c1-25-13-8-6-12(7-9-13)11-19-21-17(23)10-16-14-4-2-3-5-15(14)18(24)22-20-16/h2-9,11H,10H2,1H3,(H,21,23)(H,22,24)/b19-11+. The molecule has 0 fully saturated rings. The lowest BCUT2D eigenvalue weighted by Crippen LogP contribution is -2.22. The van der Waals surface area contributed by atoms with E-state index in [0.717, 1.165) is 11.3 Å². The molecule has 1 aromatic heterocycles. The highest BCUT2D eigenvalue weighted by atomic mass is 16.5. The molecule has 0 bridgehead atoms. The summed E-state index contributed by atoms with van der Waals surface area (Å²) in [7, 11) is 1.60. The summed E-state index contributed by atoms with van der Waals surface area (Å²) >= 11 is 0. The molecule has 25 heavy (non-hydrogen) atoms. The molecular formula is C18H16N4O3. The lowest BCUT2D eigenvalue weighted by Gasteiger charge is -2.04. The normalized spacial score (nSPS) is 10.9. The summed E-state index contributed by atoms with van der Waals surface area (Å²) in [5.74, 6) is 0.423. The van der Waals surface area contributed by atoms with Crippen molar-refractivity contribution in [1.29, 1.82) is 0 Å². The van der Waals surface area contributed by atoms with Gasteiger partial charge in [-0.15, -0.1) is 0 Å². The second-order valence-corrected chi connectivity index (χ2v) is 5.29. The van der Waals surface area contributed by atoms with Gasteiger partial charge < -0.3 is 4.74 Å². The molecule has 0 aliphatic carbocycles. The largest absolute Gasteiger partial charge is 0.497 e. The third-order valence-corrected chi connectivity index (χ3v) is 3.62. The van der Waals surface area contributed by atoms with E-state index in [1.54, 1.807) is 43.5 Å². The number of fused-ring (bicyclic) bond motifs is 1. The summed E-state index contributed by atoms with van der Waals surface area (Å²) in [5.41, 5.74) is 3.49. The van der Waals surface area contributed by atoms with Gasteiger partial charge in [-0.3, -0.25) is 9.59 Å². The Bertz CT molecular complexity index is 978. The van der Waals surface area contributed by atoms with Crippen LogP contribution in [0.15, 0.2) is 58.4 Å². The minimum absolute atomic E-state index is 0.0112. The Kier molecular flexibility index (Phi) is 4.84. The number of carbonyl (C=O) groups is 1. The SMILES string of the molecule is COc1ccc(/C=N/NC(=O)Cc2n[nH]c(=O)c3ccccc23)cc1. The summed E-state index contributed by atoms with van der Waals surface area (Å²) in [6.07, 6.45) is 1.55. The van der Waals surface area contributed by atoms with Gasteiger partial charge in [0.2, 0.25) is 5.91 Å². The summed E-state index contributed by atoms with van der Waals surface area (Å²) in [6.45, 7) is 0. The number of hydrogen-bond donors (Lipinski definition) is 2. The van der Waals surface area contributed by atoms with Crippen LogP contribution in [0.2, 0.25) is 0 Å². The third-order valence-electron chi connectivity index (χ3n) is 3.62. The van der Waals surface area contributed by atoms with Crippen LogP contribution in [-0.4, -0.2) is 29.4 Å². The van der Waals surface area contributed by atoms with Gasteiger partial charge in [-0.1, -0.05) is 18.2 Å². The van der Waals surface area contributed by atoms with Gasteiger partial charge in [-0.2, -0.15) is 10.2 Å². The van der Waals surface area contributed by atoms with Crippen LogP contribution in [0.5, 0.6) is 5.75 Å². The fourth-order valence-corrected chi connectivity index (χ4v) is 2.37. The summed E-state index contributed by atoms with van der Waals surface area (Å²) in [6, 6.07) is 14.3. The van der Waals surface area contributed by atoms with Gasteiger partial charge >= 0.3 is 0 Å². The van der Waals surface area contributed by atoms with Crippen molar-refractivity contribution in [2.45, 2.75) is 6.42 Å². The van der Waals surface area contributed by atoms with Crippen LogP contribution in [0.25, 0.3) is 10.8 Å². The van der Waals surface area contributed by atoms with Gasteiger partial charge in [-0.05, 0) is 35.9 Å². The zero-order valence-electron chi connectivity index (χ0n) is 13.5. The van der Waals surface area contributed by atoms with Crippen molar-refractivity contribution < 1.29 is 9.53 Å². The van der Waals surface area contributed by atoms with Gasteiger partial charge in [0.15, 0.2) is 0 Å².